The lowest BCUT2D eigenvalue weighted by Crippen LogP contribution is -2.20. The largest absolute Gasteiger partial charge is 0.397 e. The highest BCUT2D eigenvalue weighted by atomic mass is 35.5. The van der Waals surface area contributed by atoms with Crippen LogP contribution in [0.2, 0.25) is 5.02 Å². The third-order valence-corrected chi connectivity index (χ3v) is 1.59. The van der Waals surface area contributed by atoms with E-state index in [4.69, 9.17) is 17.3 Å². The maximum Gasteiger partial charge on any atom is 0.0720 e. The Morgan fingerprint density at radius 3 is 2.58 bits per heavy atom. The van der Waals surface area contributed by atoms with Crippen molar-refractivity contribution in [2.24, 2.45) is 0 Å². The summed E-state index contributed by atoms with van der Waals surface area (Å²) in [6.07, 6.45) is 0. The van der Waals surface area contributed by atoms with Gasteiger partial charge in [0.2, 0.25) is 0 Å². The Labute approximate surface area is 77.1 Å². The second-order valence-electron chi connectivity index (χ2n) is 2.74. The molecule has 0 atom stereocenters. The van der Waals surface area contributed by atoms with E-state index < -0.39 is 0 Å². The summed E-state index contributed by atoms with van der Waals surface area (Å²) in [6, 6.07) is 5.36. The molecule has 66 valence electrons. The van der Waals surface area contributed by atoms with Crippen LogP contribution in [0, 0.1) is 0 Å². The van der Waals surface area contributed by atoms with Gasteiger partial charge in [-0.1, -0.05) is 11.6 Å². The van der Waals surface area contributed by atoms with Crippen molar-refractivity contribution >= 4 is 23.0 Å². The predicted octanol–water partition coefficient (Wildman–Crippen LogP) is 1.81. The van der Waals surface area contributed by atoms with Crippen molar-refractivity contribution in [1.82, 2.24) is 5.01 Å². The van der Waals surface area contributed by atoms with E-state index in [1.54, 1.807) is 12.1 Å². The Hall–Kier alpha value is -0.930. The summed E-state index contributed by atoms with van der Waals surface area (Å²) in [5.41, 5.74) is 10.3. The summed E-state index contributed by atoms with van der Waals surface area (Å²) in [4.78, 5) is 0. The summed E-state index contributed by atoms with van der Waals surface area (Å²) >= 11 is 5.73. The van der Waals surface area contributed by atoms with Gasteiger partial charge in [-0.3, -0.25) is 0 Å². The molecule has 0 heterocycles. The lowest BCUT2D eigenvalue weighted by molar-refractivity contribution is 0.496. The Morgan fingerprint density at radius 1 is 1.42 bits per heavy atom. The van der Waals surface area contributed by atoms with Crippen LogP contribution in [0.15, 0.2) is 18.2 Å². The van der Waals surface area contributed by atoms with Gasteiger partial charge in [0, 0.05) is 19.1 Å². The van der Waals surface area contributed by atoms with Crippen molar-refractivity contribution in [3.63, 3.8) is 0 Å². The number of nitrogens with zero attached hydrogens (tertiary/aromatic N) is 1. The summed E-state index contributed by atoms with van der Waals surface area (Å²) in [5.74, 6) is 0. The second-order valence-corrected chi connectivity index (χ2v) is 3.17. The molecule has 0 spiro atoms. The highest BCUT2D eigenvalue weighted by Gasteiger charge is 1.98. The van der Waals surface area contributed by atoms with Crippen LogP contribution in [0.4, 0.5) is 11.4 Å². The van der Waals surface area contributed by atoms with Crippen LogP contribution in [0.5, 0.6) is 0 Å². The number of hydrogen-bond donors (Lipinski definition) is 2. The molecule has 0 fully saturated rings. The zero-order chi connectivity index (χ0) is 9.14. The molecule has 0 aliphatic heterocycles. The number of anilines is 2. The van der Waals surface area contributed by atoms with E-state index in [0.29, 0.717) is 10.7 Å². The summed E-state index contributed by atoms with van der Waals surface area (Å²) < 4.78 is 0. The highest BCUT2D eigenvalue weighted by molar-refractivity contribution is 6.31. The molecule has 0 saturated heterocycles. The third kappa shape index (κ3) is 2.29. The lowest BCUT2D eigenvalue weighted by Gasteiger charge is -2.15. The Balaban J connectivity index is 2.86. The van der Waals surface area contributed by atoms with Gasteiger partial charge in [0.05, 0.1) is 11.4 Å². The monoisotopic (exact) mass is 185 g/mol. The zero-order valence-corrected chi connectivity index (χ0v) is 7.89. The predicted molar refractivity (Wildman–Crippen MR) is 53.2 cm³/mol. The first-order valence-corrected chi connectivity index (χ1v) is 3.96. The average molecular weight is 186 g/mol. The number of nitrogen functional groups attached to an aromatic ring is 1. The molecule has 0 amide bonds. The molecule has 4 heteroatoms. The first-order chi connectivity index (χ1) is 5.59. The van der Waals surface area contributed by atoms with Gasteiger partial charge in [0.15, 0.2) is 0 Å². The van der Waals surface area contributed by atoms with Crippen molar-refractivity contribution in [2.45, 2.75) is 0 Å². The molecule has 0 radical (unpaired) electrons. The molecule has 0 saturated carbocycles. The van der Waals surface area contributed by atoms with Gasteiger partial charge in [0.1, 0.15) is 0 Å². The van der Waals surface area contributed by atoms with Crippen LogP contribution < -0.4 is 11.2 Å². The quantitative estimate of drug-likeness (QED) is 0.546. The summed E-state index contributed by atoms with van der Waals surface area (Å²) in [7, 11) is 3.79. The zero-order valence-electron chi connectivity index (χ0n) is 7.13. The van der Waals surface area contributed by atoms with E-state index in [-0.39, 0.29) is 0 Å². The van der Waals surface area contributed by atoms with E-state index >= 15 is 0 Å². The fourth-order valence-electron chi connectivity index (χ4n) is 0.876. The van der Waals surface area contributed by atoms with E-state index in [2.05, 4.69) is 5.43 Å². The van der Waals surface area contributed by atoms with Crippen molar-refractivity contribution in [1.29, 1.82) is 0 Å². The first-order valence-electron chi connectivity index (χ1n) is 3.58. The van der Waals surface area contributed by atoms with Crippen LogP contribution in [0.1, 0.15) is 0 Å². The van der Waals surface area contributed by atoms with Crippen LogP contribution in [0.25, 0.3) is 0 Å². The number of nitrogens with one attached hydrogen (secondary N) is 1. The number of rotatable bonds is 2. The van der Waals surface area contributed by atoms with Crippen molar-refractivity contribution in [3.05, 3.63) is 23.2 Å². The topological polar surface area (TPSA) is 41.3 Å². The van der Waals surface area contributed by atoms with Gasteiger partial charge in [-0.2, -0.15) is 0 Å². The van der Waals surface area contributed by atoms with Crippen LogP contribution in [-0.4, -0.2) is 19.1 Å². The fraction of sp³-hybridized carbons (Fsp3) is 0.250. The minimum Gasteiger partial charge on any atom is -0.397 e. The number of halogens is 1. The van der Waals surface area contributed by atoms with Gasteiger partial charge < -0.3 is 11.2 Å². The molecular weight excluding hydrogens is 174 g/mol. The maximum absolute atomic E-state index is 5.73. The molecule has 0 aliphatic rings. The second kappa shape index (κ2) is 3.65. The van der Waals surface area contributed by atoms with Crippen LogP contribution in [0.3, 0.4) is 0 Å². The number of nitrogens with two attached hydrogens (primary N) is 1. The van der Waals surface area contributed by atoms with E-state index in [1.807, 2.05) is 25.2 Å². The van der Waals surface area contributed by atoms with Crippen molar-refractivity contribution in [2.75, 3.05) is 25.3 Å². The molecule has 1 aromatic rings. The van der Waals surface area contributed by atoms with Crippen LogP contribution >= 0.6 is 11.6 Å². The molecule has 0 aliphatic carbocycles. The molecule has 0 bridgehead atoms. The van der Waals surface area contributed by atoms with Gasteiger partial charge in [0.25, 0.3) is 0 Å². The minimum absolute atomic E-state index is 0.649. The molecule has 3 nitrogen and oxygen atoms in total. The third-order valence-electron chi connectivity index (χ3n) is 1.36. The SMILES string of the molecule is CN(C)Nc1ccc(Cl)cc1N. The molecular formula is C8H12ClN3. The van der Waals surface area contributed by atoms with Crippen LogP contribution in [-0.2, 0) is 0 Å². The van der Waals surface area contributed by atoms with Crippen molar-refractivity contribution in [3.8, 4) is 0 Å². The Morgan fingerprint density at radius 2 is 2.08 bits per heavy atom. The average Bonchev–Trinajstić information content (AvgIpc) is 1.94. The number of hydrazine groups is 1. The van der Waals surface area contributed by atoms with E-state index in [1.165, 1.54) is 0 Å². The van der Waals surface area contributed by atoms with Gasteiger partial charge in [-0.15, -0.1) is 0 Å². The Kier molecular flexibility index (Phi) is 2.78. The van der Waals surface area contributed by atoms with E-state index in [0.717, 1.165) is 5.69 Å². The Bertz CT molecular complexity index is 273. The minimum atomic E-state index is 0.649. The molecule has 1 aromatic carbocycles. The molecule has 0 unspecified atom stereocenters. The number of hydrogen-bond acceptors (Lipinski definition) is 3. The molecule has 3 N–H and O–H groups in total. The summed E-state index contributed by atoms with van der Waals surface area (Å²) in [5, 5.41) is 2.47. The van der Waals surface area contributed by atoms with Crippen molar-refractivity contribution < 1.29 is 0 Å². The first kappa shape index (κ1) is 9.16. The smallest absolute Gasteiger partial charge is 0.0720 e. The highest BCUT2D eigenvalue weighted by Crippen LogP contribution is 2.22. The fourth-order valence-corrected chi connectivity index (χ4v) is 1.06. The molecule has 1 rings (SSSR count). The molecule has 0 aromatic heterocycles. The maximum atomic E-state index is 5.73. The number of benzene rings is 1. The standard InChI is InChI=1S/C8H12ClN3/c1-12(2)11-8-4-3-6(9)5-7(8)10/h3-5,11H,10H2,1-2H3. The lowest BCUT2D eigenvalue weighted by atomic mass is 10.3. The van der Waals surface area contributed by atoms with Gasteiger partial charge in [-0.05, 0) is 18.2 Å². The normalized spacial score (nSPS) is 10.3. The molecule has 12 heavy (non-hydrogen) atoms. The van der Waals surface area contributed by atoms with Gasteiger partial charge >= 0.3 is 0 Å². The van der Waals surface area contributed by atoms with E-state index in [9.17, 15) is 0 Å². The summed E-state index contributed by atoms with van der Waals surface area (Å²) in [6.45, 7) is 0. The van der Waals surface area contributed by atoms with Gasteiger partial charge in [-0.25, -0.2) is 5.01 Å².